The van der Waals surface area contributed by atoms with E-state index in [9.17, 15) is 4.79 Å². The summed E-state index contributed by atoms with van der Waals surface area (Å²) in [5.41, 5.74) is 3.15. The third-order valence-corrected chi connectivity index (χ3v) is 5.30. The van der Waals surface area contributed by atoms with E-state index in [1.54, 1.807) is 6.33 Å². The molecule has 4 aromatic rings. The zero-order valence-electron chi connectivity index (χ0n) is 15.6. The lowest BCUT2D eigenvalue weighted by Crippen LogP contribution is -2.49. The van der Waals surface area contributed by atoms with E-state index in [4.69, 9.17) is 0 Å². The van der Waals surface area contributed by atoms with Gasteiger partial charge in [0.1, 0.15) is 23.5 Å². The summed E-state index contributed by atoms with van der Waals surface area (Å²) >= 11 is 0. The minimum absolute atomic E-state index is 0.0309. The summed E-state index contributed by atoms with van der Waals surface area (Å²) in [7, 11) is 0. The summed E-state index contributed by atoms with van der Waals surface area (Å²) in [5.74, 6) is 0.965. The fourth-order valence-corrected chi connectivity index (χ4v) is 3.88. The number of imidazole rings is 1. The third kappa shape index (κ3) is 2.67. The number of hydrogen-bond donors (Lipinski definition) is 0. The summed E-state index contributed by atoms with van der Waals surface area (Å²) < 4.78 is 1.88. The van der Waals surface area contributed by atoms with Crippen molar-refractivity contribution in [2.24, 2.45) is 0 Å². The van der Waals surface area contributed by atoms with Gasteiger partial charge < -0.3 is 9.80 Å². The minimum Gasteiger partial charge on any atom is -0.352 e. The molecule has 1 amide bonds. The minimum atomic E-state index is 0.0309. The molecule has 1 aliphatic heterocycles. The predicted octanol–water partition coefficient (Wildman–Crippen LogP) is 2.55. The van der Waals surface area contributed by atoms with Gasteiger partial charge in [-0.25, -0.2) is 15.0 Å². The van der Waals surface area contributed by atoms with Crippen LogP contribution >= 0.6 is 0 Å². The lowest BCUT2D eigenvalue weighted by molar-refractivity contribution is 0.0739. The maximum Gasteiger partial charge on any atom is 0.272 e. The number of anilines is 1. The van der Waals surface area contributed by atoms with E-state index in [0.717, 1.165) is 41.2 Å². The number of carbonyl (C=O) groups excluding carboxylic acids is 1. The van der Waals surface area contributed by atoms with E-state index < -0.39 is 0 Å². The summed E-state index contributed by atoms with van der Waals surface area (Å²) in [5, 5.41) is 1.04. The molecule has 0 atom stereocenters. The number of para-hydroxylation sites is 1. The molecule has 1 fully saturated rings. The first-order valence-electron chi connectivity index (χ1n) is 9.40. The van der Waals surface area contributed by atoms with Gasteiger partial charge in [0.05, 0.1) is 11.2 Å². The van der Waals surface area contributed by atoms with Crippen LogP contribution in [0.3, 0.4) is 0 Å². The predicted molar refractivity (Wildman–Crippen MR) is 108 cm³/mol. The molecule has 0 unspecified atom stereocenters. The van der Waals surface area contributed by atoms with Crippen molar-refractivity contribution in [3.05, 3.63) is 66.4 Å². The molecular weight excluding hydrogens is 352 g/mol. The number of amides is 1. The van der Waals surface area contributed by atoms with Crippen LogP contribution in [0.2, 0.25) is 0 Å². The SMILES string of the molecule is Cc1nc2ccccn2c1C(=O)N1CCN(c2ncnc3ccccc23)CC1. The summed E-state index contributed by atoms with van der Waals surface area (Å²) in [6, 6.07) is 13.8. The molecule has 28 heavy (non-hydrogen) atoms. The van der Waals surface area contributed by atoms with Crippen LogP contribution in [0.15, 0.2) is 55.0 Å². The van der Waals surface area contributed by atoms with Crippen molar-refractivity contribution in [1.82, 2.24) is 24.3 Å². The number of benzene rings is 1. The van der Waals surface area contributed by atoms with Crippen molar-refractivity contribution in [1.29, 1.82) is 0 Å². The quantitative estimate of drug-likeness (QED) is 0.541. The normalized spacial score (nSPS) is 14.8. The van der Waals surface area contributed by atoms with Gasteiger partial charge in [-0.05, 0) is 31.2 Å². The second-order valence-corrected chi connectivity index (χ2v) is 6.97. The molecule has 0 radical (unpaired) electrons. The average Bonchev–Trinajstić information content (AvgIpc) is 3.08. The molecule has 3 aromatic heterocycles. The highest BCUT2D eigenvalue weighted by molar-refractivity contribution is 5.95. The van der Waals surface area contributed by atoms with Crippen LogP contribution in [-0.2, 0) is 0 Å². The first-order chi connectivity index (χ1) is 13.7. The Labute approximate surface area is 162 Å². The summed E-state index contributed by atoms with van der Waals surface area (Å²) in [4.78, 5) is 30.7. The topological polar surface area (TPSA) is 66.6 Å². The third-order valence-electron chi connectivity index (χ3n) is 5.30. The van der Waals surface area contributed by atoms with E-state index in [1.165, 1.54) is 0 Å². The Morgan fingerprint density at radius 1 is 0.964 bits per heavy atom. The molecular formula is C21H20N6O. The first kappa shape index (κ1) is 16.7. The maximum atomic E-state index is 13.2. The van der Waals surface area contributed by atoms with Crippen LogP contribution in [0, 0.1) is 6.92 Å². The number of pyridine rings is 1. The number of rotatable bonds is 2. The Morgan fingerprint density at radius 3 is 2.61 bits per heavy atom. The van der Waals surface area contributed by atoms with Gasteiger partial charge >= 0.3 is 0 Å². The largest absolute Gasteiger partial charge is 0.352 e. The van der Waals surface area contributed by atoms with Gasteiger partial charge in [-0.15, -0.1) is 0 Å². The van der Waals surface area contributed by atoms with Crippen molar-refractivity contribution >= 4 is 28.3 Å². The molecule has 0 N–H and O–H groups in total. The fourth-order valence-electron chi connectivity index (χ4n) is 3.88. The number of fused-ring (bicyclic) bond motifs is 2. The molecule has 0 aliphatic carbocycles. The van der Waals surface area contributed by atoms with Crippen LogP contribution in [0.4, 0.5) is 5.82 Å². The number of carbonyl (C=O) groups is 1. The smallest absolute Gasteiger partial charge is 0.272 e. The standard InChI is InChI=1S/C21H20N6O/c1-15-19(27-9-5-4-8-18(27)24-15)21(28)26-12-10-25(11-13-26)20-16-6-2-3-7-17(16)22-14-23-20/h2-9,14H,10-13H2,1H3. The Kier molecular flexibility index (Phi) is 3.93. The zero-order valence-corrected chi connectivity index (χ0v) is 15.6. The van der Waals surface area contributed by atoms with Crippen LogP contribution in [0.25, 0.3) is 16.6 Å². The molecule has 5 rings (SSSR count). The Bertz CT molecular complexity index is 1170. The van der Waals surface area contributed by atoms with E-state index in [1.807, 2.05) is 64.9 Å². The molecule has 7 heteroatoms. The molecule has 1 aliphatic rings. The second-order valence-electron chi connectivity index (χ2n) is 6.97. The molecule has 0 spiro atoms. The zero-order chi connectivity index (χ0) is 19.1. The number of piperazine rings is 1. The number of hydrogen-bond acceptors (Lipinski definition) is 5. The molecule has 4 heterocycles. The molecule has 140 valence electrons. The molecule has 1 saturated heterocycles. The van der Waals surface area contributed by atoms with Crippen molar-refractivity contribution in [2.45, 2.75) is 6.92 Å². The van der Waals surface area contributed by atoms with E-state index >= 15 is 0 Å². The summed E-state index contributed by atoms with van der Waals surface area (Å²) in [6.45, 7) is 4.67. The second kappa shape index (κ2) is 6.60. The highest BCUT2D eigenvalue weighted by atomic mass is 16.2. The van der Waals surface area contributed by atoms with Gasteiger partial charge in [0.15, 0.2) is 0 Å². The van der Waals surface area contributed by atoms with Gasteiger partial charge in [0.25, 0.3) is 5.91 Å². The molecule has 7 nitrogen and oxygen atoms in total. The first-order valence-corrected chi connectivity index (χ1v) is 9.40. The Morgan fingerprint density at radius 2 is 1.75 bits per heavy atom. The summed E-state index contributed by atoms with van der Waals surface area (Å²) in [6.07, 6.45) is 3.50. The van der Waals surface area contributed by atoms with Crippen LogP contribution in [0.1, 0.15) is 16.2 Å². The van der Waals surface area contributed by atoms with Crippen molar-refractivity contribution in [2.75, 3.05) is 31.1 Å². The number of aryl methyl sites for hydroxylation is 1. The highest BCUT2D eigenvalue weighted by Gasteiger charge is 2.27. The van der Waals surface area contributed by atoms with E-state index in [2.05, 4.69) is 19.9 Å². The molecule has 1 aromatic carbocycles. The maximum absolute atomic E-state index is 13.2. The van der Waals surface area contributed by atoms with Crippen molar-refractivity contribution in [3.63, 3.8) is 0 Å². The lowest BCUT2D eigenvalue weighted by atomic mass is 10.2. The van der Waals surface area contributed by atoms with Crippen molar-refractivity contribution < 1.29 is 4.79 Å². The Balaban J connectivity index is 1.38. The lowest BCUT2D eigenvalue weighted by Gasteiger charge is -2.35. The molecule has 0 saturated carbocycles. The van der Waals surface area contributed by atoms with Crippen molar-refractivity contribution in [3.8, 4) is 0 Å². The number of nitrogens with zero attached hydrogens (tertiary/aromatic N) is 6. The average molecular weight is 372 g/mol. The van der Waals surface area contributed by atoms with Crippen LogP contribution in [-0.4, -0.2) is 56.3 Å². The van der Waals surface area contributed by atoms with Gasteiger partial charge in [-0.2, -0.15) is 0 Å². The van der Waals surface area contributed by atoms with Gasteiger partial charge in [0.2, 0.25) is 0 Å². The number of aromatic nitrogens is 4. The van der Waals surface area contributed by atoms with E-state index in [0.29, 0.717) is 18.8 Å². The molecule has 0 bridgehead atoms. The van der Waals surface area contributed by atoms with Gasteiger partial charge in [-0.1, -0.05) is 18.2 Å². The Hall–Kier alpha value is -3.48. The van der Waals surface area contributed by atoms with Gasteiger partial charge in [-0.3, -0.25) is 9.20 Å². The van der Waals surface area contributed by atoms with Gasteiger partial charge in [0, 0.05) is 37.8 Å². The van der Waals surface area contributed by atoms with Crippen LogP contribution in [0.5, 0.6) is 0 Å². The highest BCUT2D eigenvalue weighted by Crippen LogP contribution is 2.24. The fraction of sp³-hybridized carbons (Fsp3) is 0.238. The van der Waals surface area contributed by atoms with Crippen LogP contribution < -0.4 is 4.90 Å². The van der Waals surface area contributed by atoms with E-state index in [-0.39, 0.29) is 5.91 Å². The monoisotopic (exact) mass is 372 g/mol.